The molecule has 0 saturated carbocycles. The van der Waals surface area contributed by atoms with Crippen LogP contribution in [0.2, 0.25) is 5.02 Å². The van der Waals surface area contributed by atoms with Gasteiger partial charge in [0.15, 0.2) is 0 Å². The van der Waals surface area contributed by atoms with Gasteiger partial charge in [-0.25, -0.2) is 8.42 Å². The van der Waals surface area contributed by atoms with Crippen molar-refractivity contribution in [2.75, 3.05) is 17.1 Å². The third-order valence-electron chi connectivity index (χ3n) is 4.00. The van der Waals surface area contributed by atoms with Gasteiger partial charge in [-0.2, -0.15) is 0 Å². The van der Waals surface area contributed by atoms with E-state index in [1.807, 2.05) is 6.07 Å². The molecule has 0 saturated heterocycles. The third-order valence-corrected chi connectivity index (χ3v) is 5.87. The first-order valence-electron chi connectivity index (χ1n) is 8.66. The average Bonchev–Trinajstić information content (AvgIpc) is 2.69. The predicted molar refractivity (Wildman–Crippen MR) is 114 cm³/mol. The summed E-state index contributed by atoms with van der Waals surface area (Å²) in [6.07, 6.45) is 0. The van der Waals surface area contributed by atoms with Gasteiger partial charge in [0.2, 0.25) is 0 Å². The number of carbonyl (C=O) groups excluding carboxylic acids is 1. The molecule has 0 fully saturated rings. The lowest BCUT2D eigenvalue weighted by molar-refractivity contribution is 0.102. The van der Waals surface area contributed by atoms with Gasteiger partial charge in [-0.15, -0.1) is 0 Å². The Labute approximate surface area is 174 Å². The van der Waals surface area contributed by atoms with Gasteiger partial charge in [0.25, 0.3) is 15.9 Å². The topological polar surface area (TPSA) is 84.5 Å². The fourth-order valence-electron chi connectivity index (χ4n) is 2.68. The van der Waals surface area contributed by atoms with E-state index in [-0.39, 0.29) is 15.5 Å². The minimum absolute atomic E-state index is 0.0204. The molecule has 0 heterocycles. The largest absolute Gasteiger partial charge is 0.380 e. The van der Waals surface area contributed by atoms with Crippen molar-refractivity contribution in [2.24, 2.45) is 0 Å². The first kappa shape index (κ1) is 20.9. The number of halogens is 1. The lowest BCUT2D eigenvalue weighted by Gasteiger charge is -2.12. The molecule has 1 amide bonds. The molecule has 29 heavy (non-hydrogen) atoms. The number of benzene rings is 3. The Morgan fingerprint density at radius 1 is 0.966 bits per heavy atom. The molecule has 0 aromatic heterocycles. The molecule has 0 bridgehead atoms. The summed E-state index contributed by atoms with van der Waals surface area (Å²) in [5.41, 5.74) is 2.04. The van der Waals surface area contributed by atoms with E-state index < -0.39 is 15.9 Å². The van der Waals surface area contributed by atoms with E-state index in [0.717, 1.165) is 5.56 Å². The smallest absolute Gasteiger partial charge is 0.263 e. The molecule has 0 radical (unpaired) electrons. The Kier molecular flexibility index (Phi) is 6.53. The van der Waals surface area contributed by atoms with Crippen LogP contribution >= 0.6 is 11.6 Å². The molecule has 2 N–H and O–H groups in total. The van der Waals surface area contributed by atoms with E-state index in [1.165, 1.54) is 18.2 Å². The number of anilines is 2. The van der Waals surface area contributed by atoms with Crippen LogP contribution in [0.3, 0.4) is 0 Å². The highest BCUT2D eigenvalue weighted by Crippen LogP contribution is 2.25. The minimum Gasteiger partial charge on any atom is -0.380 e. The number of ether oxygens (including phenoxy) is 1. The number of methoxy groups -OCH3 is 1. The molecule has 0 aliphatic rings. The summed E-state index contributed by atoms with van der Waals surface area (Å²) < 4.78 is 33.0. The van der Waals surface area contributed by atoms with E-state index >= 15 is 0 Å². The number of sulfonamides is 1. The molecular weight excluding hydrogens is 412 g/mol. The molecule has 8 heteroatoms. The SMILES string of the molecule is COCc1cccc(NC(=O)c2ccc(Cl)c(S(=O)(=O)Nc3ccccc3)c2)c1. The van der Waals surface area contributed by atoms with Crippen LogP contribution in [0.15, 0.2) is 77.7 Å². The molecule has 3 aromatic carbocycles. The number of rotatable bonds is 7. The van der Waals surface area contributed by atoms with Crippen molar-refractivity contribution in [3.63, 3.8) is 0 Å². The van der Waals surface area contributed by atoms with Crippen molar-refractivity contribution in [2.45, 2.75) is 11.5 Å². The van der Waals surface area contributed by atoms with Gasteiger partial charge in [0, 0.05) is 24.0 Å². The Balaban J connectivity index is 1.84. The zero-order chi connectivity index (χ0) is 20.9. The van der Waals surface area contributed by atoms with Gasteiger partial charge in [-0.1, -0.05) is 41.9 Å². The lowest BCUT2D eigenvalue weighted by atomic mass is 10.2. The number of para-hydroxylation sites is 1. The van der Waals surface area contributed by atoms with Gasteiger partial charge >= 0.3 is 0 Å². The summed E-state index contributed by atoms with van der Waals surface area (Å²) in [4.78, 5) is 12.5. The summed E-state index contributed by atoms with van der Waals surface area (Å²) in [6, 6.07) is 19.7. The molecule has 3 rings (SSSR count). The molecule has 0 aliphatic heterocycles. The molecular formula is C21H19ClN2O4S. The molecule has 0 unspecified atom stereocenters. The molecule has 0 aliphatic carbocycles. The second-order valence-corrected chi connectivity index (χ2v) is 8.26. The highest BCUT2D eigenvalue weighted by Gasteiger charge is 2.20. The van der Waals surface area contributed by atoms with Gasteiger partial charge in [-0.05, 0) is 48.0 Å². The highest BCUT2D eigenvalue weighted by molar-refractivity contribution is 7.92. The standard InChI is InChI=1S/C21H19ClN2O4S/c1-28-14-15-6-5-9-18(12-15)23-21(25)16-10-11-19(22)20(13-16)29(26,27)24-17-7-3-2-4-8-17/h2-13,24H,14H2,1H3,(H,23,25). The number of amides is 1. The van der Waals surface area contributed by atoms with Crippen LogP contribution < -0.4 is 10.0 Å². The lowest BCUT2D eigenvalue weighted by Crippen LogP contribution is -2.16. The van der Waals surface area contributed by atoms with Gasteiger partial charge in [-0.3, -0.25) is 9.52 Å². The second-order valence-electron chi connectivity index (χ2n) is 6.20. The summed E-state index contributed by atoms with van der Waals surface area (Å²) in [5.74, 6) is -0.451. The van der Waals surface area contributed by atoms with E-state index in [4.69, 9.17) is 16.3 Å². The molecule has 6 nitrogen and oxygen atoms in total. The first-order chi connectivity index (χ1) is 13.9. The summed E-state index contributed by atoms with van der Waals surface area (Å²) in [6.45, 7) is 0.415. The summed E-state index contributed by atoms with van der Waals surface area (Å²) >= 11 is 6.10. The third kappa shape index (κ3) is 5.35. The van der Waals surface area contributed by atoms with Crippen LogP contribution in [0.4, 0.5) is 11.4 Å². The van der Waals surface area contributed by atoms with Crippen LogP contribution in [-0.2, 0) is 21.4 Å². The Morgan fingerprint density at radius 3 is 2.41 bits per heavy atom. The van der Waals surface area contributed by atoms with Crippen molar-refractivity contribution >= 4 is 38.9 Å². The van der Waals surface area contributed by atoms with Crippen molar-refractivity contribution in [3.05, 3.63) is 88.9 Å². The molecule has 150 valence electrons. The number of hydrogen-bond donors (Lipinski definition) is 2. The van der Waals surface area contributed by atoms with Gasteiger partial charge < -0.3 is 10.1 Å². The van der Waals surface area contributed by atoms with E-state index in [9.17, 15) is 13.2 Å². The zero-order valence-corrected chi connectivity index (χ0v) is 17.1. The maximum absolute atomic E-state index is 12.7. The fraction of sp³-hybridized carbons (Fsp3) is 0.0952. The average molecular weight is 431 g/mol. The Bertz CT molecular complexity index is 1120. The van der Waals surface area contributed by atoms with Crippen molar-refractivity contribution in [1.29, 1.82) is 0 Å². The van der Waals surface area contributed by atoms with E-state index in [2.05, 4.69) is 10.0 Å². The minimum atomic E-state index is -3.97. The highest BCUT2D eigenvalue weighted by atomic mass is 35.5. The van der Waals surface area contributed by atoms with Gasteiger partial charge in [0.1, 0.15) is 4.90 Å². The first-order valence-corrected chi connectivity index (χ1v) is 10.5. The molecule has 0 atom stereocenters. The normalized spacial score (nSPS) is 11.1. The van der Waals surface area contributed by atoms with Crippen molar-refractivity contribution in [1.82, 2.24) is 0 Å². The van der Waals surface area contributed by atoms with Crippen molar-refractivity contribution in [3.8, 4) is 0 Å². The van der Waals surface area contributed by atoms with E-state index in [1.54, 1.807) is 55.6 Å². The summed E-state index contributed by atoms with van der Waals surface area (Å²) in [7, 11) is -2.38. The maximum atomic E-state index is 12.7. The quantitative estimate of drug-likeness (QED) is 0.576. The molecule has 3 aromatic rings. The van der Waals surface area contributed by atoms with Crippen LogP contribution in [0.25, 0.3) is 0 Å². The fourth-order valence-corrected chi connectivity index (χ4v) is 4.26. The monoisotopic (exact) mass is 430 g/mol. The van der Waals surface area contributed by atoms with Crippen LogP contribution in [0, 0.1) is 0 Å². The van der Waals surface area contributed by atoms with Crippen LogP contribution in [0.5, 0.6) is 0 Å². The predicted octanol–water partition coefficient (Wildman–Crippen LogP) is 4.54. The van der Waals surface area contributed by atoms with Crippen LogP contribution in [0.1, 0.15) is 15.9 Å². The summed E-state index contributed by atoms with van der Waals surface area (Å²) in [5, 5.41) is 2.77. The maximum Gasteiger partial charge on any atom is 0.263 e. The van der Waals surface area contributed by atoms with Crippen LogP contribution in [-0.4, -0.2) is 21.4 Å². The van der Waals surface area contributed by atoms with Gasteiger partial charge in [0.05, 0.1) is 11.6 Å². The number of carbonyl (C=O) groups is 1. The zero-order valence-electron chi connectivity index (χ0n) is 15.6. The van der Waals surface area contributed by atoms with Crippen molar-refractivity contribution < 1.29 is 17.9 Å². The second kappa shape index (κ2) is 9.09. The Hall–Kier alpha value is -2.87. The number of nitrogens with one attached hydrogen (secondary N) is 2. The number of hydrogen-bond acceptors (Lipinski definition) is 4. The molecule has 0 spiro atoms. The van der Waals surface area contributed by atoms with E-state index in [0.29, 0.717) is 18.0 Å². The Morgan fingerprint density at radius 2 is 1.69 bits per heavy atom.